The lowest BCUT2D eigenvalue weighted by Gasteiger charge is -2.33. The Bertz CT molecular complexity index is 1290. The Balaban J connectivity index is 1.39. The van der Waals surface area contributed by atoms with Crippen LogP contribution in [-0.4, -0.2) is 46.7 Å². The Morgan fingerprint density at radius 2 is 1.69 bits per heavy atom. The smallest absolute Gasteiger partial charge is 0.348 e. The Morgan fingerprint density at radius 1 is 1.00 bits per heavy atom. The summed E-state index contributed by atoms with van der Waals surface area (Å²) in [6.45, 7) is -0.166. The summed E-state index contributed by atoms with van der Waals surface area (Å²) in [6.07, 6.45) is -0.952. The number of anilines is 1. The monoisotopic (exact) mass is 496 g/mol. The number of rotatable bonds is 8. The molecule has 35 heavy (non-hydrogen) atoms. The van der Waals surface area contributed by atoms with Crippen LogP contribution in [0.15, 0.2) is 83.8 Å². The van der Waals surface area contributed by atoms with Gasteiger partial charge in [0.25, 0.3) is 5.91 Å². The highest BCUT2D eigenvalue weighted by Gasteiger charge is 2.34. The minimum absolute atomic E-state index is 0.0177. The lowest BCUT2D eigenvalue weighted by molar-refractivity contribution is -0.148. The Morgan fingerprint density at radius 3 is 2.40 bits per heavy atom. The van der Waals surface area contributed by atoms with Crippen LogP contribution < -0.4 is 19.1 Å². The molecule has 0 spiro atoms. The van der Waals surface area contributed by atoms with Crippen LogP contribution in [0.2, 0.25) is 0 Å². The van der Waals surface area contributed by atoms with Crippen molar-refractivity contribution in [2.75, 3.05) is 25.2 Å². The lowest BCUT2D eigenvalue weighted by Crippen LogP contribution is -2.48. The second-order valence-corrected chi connectivity index (χ2v) is 9.44. The SMILES string of the molecule is COC(=O)C1CN(C(=O)COc2ccc(S(=O)(=O)NCc3ccccc3)cc2)c2ccccc2O1. The lowest BCUT2D eigenvalue weighted by atomic mass is 10.2. The molecular weight excluding hydrogens is 472 g/mol. The number of carbonyl (C=O) groups is 2. The molecule has 0 aromatic heterocycles. The van der Waals surface area contributed by atoms with Crippen molar-refractivity contribution < 1.29 is 32.2 Å². The van der Waals surface area contributed by atoms with E-state index >= 15 is 0 Å². The summed E-state index contributed by atoms with van der Waals surface area (Å²) < 4.78 is 43.7. The van der Waals surface area contributed by atoms with E-state index in [9.17, 15) is 18.0 Å². The number of nitrogens with one attached hydrogen (secondary N) is 1. The van der Waals surface area contributed by atoms with Crippen LogP contribution in [0, 0.1) is 0 Å². The average molecular weight is 497 g/mol. The molecule has 10 heteroatoms. The molecule has 0 saturated carbocycles. The largest absolute Gasteiger partial charge is 0.484 e. The van der Waals surface area contributed by atoms with Crippen LogP contribution in [0.1, 0.15) is 5.56 Å². The number of esters is 1. The molecule has 9 nitrogen and oxygen atoms in total. The van der Waals surface area contributed by atoms with Crippen molar-refractivity contribution in [3.8, 4) is 11.5 Å². The number of carbonyl (C=O) groups excluding carboxylic acids is 2. The summed E-state index contributed by atoms with van der Waals surface area (Å²) in [5.41, 5.74) is 1.36. The fourth-order valence-electron chi connectivity index (χ4n) is 3.52. The van der Waals surface area contributed by atoms with Gasteiger partial charge in [0.2, 0.25) is 16.1 Å². The van der Waals surface area contributed by atoms with Gasteiger partial charge in [0.15, 0.2) is 6.61 Å². The third-order valence-corrected chi connectivity index (χ3v) is 6.76. The molecule has 0 bridgehead atoms. The van der Waals surface area contributed by atoms with E-state index in [-0.39, 0.29) is 24.6 Å². The second kappa shape index (κ2) is 10.6. The van der Waals surface area contributed by atoms with E-state index in [0.29, 0.717) is 17.2 Å². The fourth-order valence-corrected chi connectivity index (χ4v) is 4.54. The predicted octanol–water partition coefficient (Wildman–Crippen LogP) is 2.51. The number of sulfonamides is 1. The molecule has 4 rings (SSSR count). The van der Waals surface area contributed by atoms with Gasteiger partial charge in [0.05, 0.1) is 24.2 Å². The maximum atomic E-state index is 12.9. The zero-order valence-corrected chi connectivity index (χ0v) is 19.7. The first kappa shape index (κ1) is 24.2. The van der Waals surface area contributed by atoms with Crippen LogP contribution in [0.3, 0.4) is 0 Å². The molecule has 182 valence electrons. The number of ether oxygens (including phenoxy) is 3. The summed E-state index contributed by atoms with van der Waals surface area (Å²) in [7, 11) is -2.46. The van der Waals surface area contributed by atoms with Crippen molar-refractivity contribution in [1.29, 1.82) is 0 Å². The highest BCUT2D eigenvalue weighted by molar-refractivity contribution is 7.89. The molecule has 1 amide bonds. The number of fused-ring (bicyclic) bond motifs is 1. The number of benzene rings is 3. The summed E-state index contributed by atoms with van der Waals surface area (Å²) in [4.78, 5) is 26.4. The van der Waals surface area contributed by atoms with Gasteiger partial charge in [-0.15, -0.1) is 0 Å². The van der Waals surface area contributed by atoms with Crippen LogP contribution >= 0.6 is 0 Å². The Kier molecular flexibility index (Phi) is 7.33. The number of nitrogens with zero attached hydrogens (tertiary/aromatic N) is 1. The van der Waals surface area contributed by atoms with E-state index in [2.05, 4.69) is 4.72 Å². The molecule has 1 aliphatic rings. The minimum atomic E-state index is -3.71. The number of para-hydroxylation sites is 2. The standard InChI is InChI=1S/C25H24N2O7S/c1-32-25(29)23-16-27(21-9-5-6-10-22(21)34-23)24(28)17-33-19-11-13-20(14-12-19)35(30,31)26-15-18-7-3-2-4-8-18/h2-14,23,26H,15-17H2,1H3. The van der Waals surface area contributed by atoms with E-state index in [1.165, 1.54) is 36.3 Å². The van der Waals surface area contributed by atoms with Gasteiger partial charge >= 0.3 is 5.97 Å². The zero-order chi connectivity index (χ0) is 24.8. The zero-order valence-electron chi connectivity index (χ0n) is 18.9. The van der Waals surface area contributed by atoms with Crippen molar-refractivity contribution >= 4 is 27.6 Å². The van der Waals surface area contributed by atoms with Gasteiger partial charge in [0.1, 0.15) is 11.5 Å². The molecule has 1 N–H and O–H groups in total. The third-order valence-electron chi connectivity index (χ3n) is 5.34. The summed E-state index contributed by atoms with van der Waals surface area (Å²) in [5.74, 6) is -0.266. The fraction of sp³-hybridized carbons (Fsp3) is 0.200. The van der Waals surface area contributed by atoms with E-state index < -0.39 is 28.0 Å². The molecule has 3 aromatic carbocycles. The number of hydrogen-bond acceptors (Lipinski definition) is 7. The minimum Gasteiger partial charge on any atom is -0.484 e. The van der Waals surface area contributed by atoms with Crippen molar-refractivity contribution in [2.45, 2.75) is 17.5 Å². The van der Waals surface area contributed by atoms with Gasteiger partial charge in [0, 0.05) is 6.54 Å². The molecule has 0 aliphatic carbocycles. The first-order chi connectivity index (χ1) is 16.9. The van der Waals surface area contributed by atoms with Crippen molar-refractivity contribution in [3.63, 3.8) is 0 Å². The van der Waals surface area contributed by atoms with Gasteiger partial charge in [-0.1, -0.05) is 42.5 Å². The molecular formula is C25H24N2O7S. The van der Waals surface area contributed by atoms with Crippen molar-refractivity contribution in [2.24, 2.45) is 0 Å². The first-order valence-corrected chi connectivity index (χ1v) is 12.3. The van der Waals surface area contributed by atoms with Gasteiger partial charge < -0.3 is 19.1 Å². The molecule has 1 heterocycles. The van der Waals surface area contributed by atoms with Crippen molar-refractivity contribution in [3.05, 3.63) is 84.4 Å². The second-order valence-electron chi connectivity index (χ2n) is 7.67. The van der Waals surface area contributed by atoms with Crippen LogP contribution in [-0.2, 0) is 30.9 Å². The normalized spacial score (nSPS) is 15.0. The first-order valence-electron chi connectivity index (χ1n) is 10.8. The predicted molar refractivity (Wildman–Crippen MR) is 128 cm³/mol. The Hall–Kier alpha value is -3.89. The molecule has 3 aromatic rings. The summed E-state index contributed by atoms with van der Waals surface area (Å²) in [5, 5.41) is 0. The van der Waals surface area contributed by atoms with E-state index in [1.807, 2.05) is 30.3 Å². The van der Waals surface area contributed by atoms with Crippen LogP contribution in [0.5, 0.6) is 11.5 Å². The van der Waals surface area contributed by atoms with E-state index in [1.54, 1.807) is 24.3 Å². The highest BCUT2D eigenvalue weighted by Crippen LogP contribution is 2.33. The van der Waals surface area contributed by atoms with Crippen LogP contribution in [0.25, 0.3) is 0 Å². The maximum absolute atomic E-state index is 12.9. The van der Waals surface area contributed by atoms with Gasteiger partial charge in [-0.05, 0) is 42.0 Å². The average Bonchev–Trinajstić information content (AvgIpc) is 2.90. The van der Waals surface area contributed by atoms with Crippen LogP contribution in [0.4, 0.5) is 5.69 Å². The number of methoxy groups -OCH3 is 1. The quantitative estimate of drug-likeness (QED) is 0.477. The topological polar surface area (TPSA) is 111 Å². The maximum Gasteiger partial charge on any atom is 0.348 e. The molecule has 0 saturated heterocycles. The molecule has 1 aliphatic heterocycles. The molecule has 1 atom stereocenters. The summed E-state index contributed by atoms with van der Waals surface area (Å²) in [6, 6.07) is 21.8. The molecule has 1 unspecified atom stereocenters. The van der Waals surface area contributed by atoms with Gasteiger partial charge in [-0.25, -0.2) is 17.9 Å². The van der Waals surface area contributed by atoms with E-state index in [0.717, 1.165) is 5.56 Å². The van der Waals surface area contributed by atoms with E-state index in [4.69, 9.17) is 14.2 Å². The number of amides is 1. The number of hydrogen-bond donors (Lipinski definition) is 1. The summed E-state index contributed by atoms with van der Waals surface area (Å²) >= 11 is 0. The van der Waals surface area contributed by atoms with Gasteiger partial charge in [-0.2, -0.15) is 0 Å². The van der Waals surface area contributed by atoms with Crippen molar-refractivity contribution in [1.82, 2.24) is 4.72 Å². The Labute approximate surface area is 203 Å². The highest BCUT2D eigenvalue weighted by atomic mass is 32.2. The molecule has 0 fully saturated rings. The van der Waals surface area contributed by atoms with Gasteiger partial charge in [-0.3, -0.25) is 4.79 Å². The third kappa shape index (κ3) is 5.79. The molecule has 0 radical (unpaired) electrons.